The maximum atomic E-state index is 6.48. The Morgan fingerprint density at radius 3 is 2.55 bits per heavy atom. The van der Waals surface area contributed by atoms with E-state index in [1.165, 1.54) is 0 Å². The van der Waals surface area contributed by atoms with E-state index in [2.05, 4.69) is 16.6 Å². The number of benzene rings is 1. The van der Waals surface area contributed by atoms with Crippen LogP contribution in [0.1, 0.15) is 5.56 Å². The minimum atomic E-state index is 0.514. The summed E-state index contributed by atoms with van der Waals surface area (Å²) in [5.41, 5.74) is 7.89. The Bertz CT molecular complexity index is 296. The van der Waals surface area contributed by atoms with E-state index >= 15 is 0 Å². The van der Waals surface area contributed by atoms with Crippen LogP contribution in [0.15, 0.2) is 42.0 Å². The van der Waals surface area contributed by atoms with Crippen molar-refractivity contribution in [3.63, 3.8) is 0 Å². The quantitative estimate of drug-likeness (QED) is 0.491. The van der Waals surface area contributed by atoms with Gasteiger partial charge in [0.05, 0.1) is 0 Å². The lowest BCUT2D eigenvalue weighted by atomic mass is 10.2. The average Bonchev–Trinajstić information content (AvgIpc) is 2.07. The molecule has 0 unspecified atom stereocenters. The van der Waals surface area contributed by atoms with Crippen LogP contribution in [0.2, 0.25) is 0 Å². The summed E-state index contributed by atoms with van der Waals surface area (Å²) >= 11 is 0. The summed E-state index contributed by atoms with van der Waals surface area (Å²) in [6, 6.07) is 9.43. The predicted octanol–water partition coefficient (Wildman–Crippen LogP) is 2.21. The molecule has 0 aliphatic carbocycles. The van der Waals surface area contributed by atoms with Crippen molar-refractivity contribution in [1.82, 2.24) is 4.91 Å². The molecule has 0 aliphatic heterocycles. The standard InChI is InChI=1S/C8H8N3/c1-7(10-11-9)8-5-3-2-4-6-8/h2-6,9H,1H2/q+1. The van der Waals surface area contributed by atoms with Gasteiger partial charge in [0.15, 0.2) is 10.8 Å². The van der Waals surface area contributed by atoms with E-state index in [-0.39, 0.29) is 0 Å². The smallest absolute Gasteiger partial charge is 0.0651 e. The summed E-state index contributed by atoms with van der Waals surface area (Å²) in [7, 11) is 0. The van der Waals surface area contributed by atoms with Gasteiger partial charge in [-0.15, -0.1) is 0 Å². The van der Waals surface area contributed by atoms with Crippen molar-refractivity contribution in [3.8, 4) is 0 Å². The molecule has 1 rings (SSSR count). The molecule has 0 fully saturated rings. The molecule has 0 aliphatic rings. The zero-order valence-corrected chi connectivity index (χ0v) is 5.99. The molecule has 1 aromatic rings. The Kier molecular flexibility index (Phi) is 2.31. The second-order valence-electron chi connectivity index (χ2n) is 2.01. The second kappa shape index (κ2) is 3.44. The second-order valence-corrected chi connectivity index (χ2v) is 2.01. The monoisotopic (exact) mass is 146 g/mol. The van der Waals surface area contributed by atoms with Crippen LogP contribution in [0, 0.1) is 5.53 Å². The molecular weight excluding hydrogens is 138 g/mol. The fourth-order valence-electron chi connectivity index (χ4n) is 0.749. The van der Waals surface area contributed by atoms with E-state index in [1.54, 1.807) is 0 Å². The molecule has 54 valence electrons. The van der Waals surface area contributed by atoms with Crippen molar-refractivity contribution in [2.24, 2.45) is 5.11 Å². The fourth-order valence-corrected chi connectivity index (χ4v) is 0.749. The molecule has 0 heterocycles. The molecule has 3 heteroatoms. The number of nitrogens with zero attached hydrogens (tertiary/aromatic N) is 2. The van der Waals surface area contributed by atoms with Crippen LogP contribution in [0.3, 0.4) is 0 Å². The van der Waals surface area contributed by atoms with Gasteiger partial charge in [0.1, 0.15) is 5.53 Å². The minimum Gasteiger partial charge on any atom is -0.0651 e. The van der Waals surface area contributed by atoms with Crippen molar-refractivity contribution < 1.29 is 0 Å². The van der Waals surface area contributed by atoms with Crippen molar-refractivity contribution in [3.05, 3.63) is 42.5 Å². The molecule has 0 spiro atoms. The molecule has 0 bridgehead atoms. The van der Waals surface area contributed by atoms with E-state index in [1.807, 2.05) is 30.3 Å². The summed E-state index contributed by atoms with van der Waals surface area (Å²) in [6.07, 6.45) is 0. The summed E-state index contributed by atoms with van der Waals surface area (Å²) in [5, 5.41) is 3.49. The van der Waals surface area contributed by atoms with Crippen LogP contribution >= 0.6 is 0 Å². The van der Waals surface area contributed by atoms with Gasteiger partial charge in [0.25, 0.3) is 0 Å². The van der Waals surface area contributed by atoms with E-state index in [9.17, 15) is 0 Å². The molecule has 0 saturated carbocycles. The summed E-state index contributed by atoms with van der Waals surface area (Å²) < 4.78 is 0. The van der Waals surface area contributed by atoms with E-state index in [0.717, 1.165) is 5.56 Å². The molecule has 0 aromatic heterocycles. The Morgan fingerprint density at radius 1 is 1.36 bits per heavy atom. The third-order valence-electron chi connectivity index (χ3n) is 1.28. The van der Waals surface area contributed by atoms with Gasteiger partial charge >= 0.3 is 0 Å². The molecule has 0 atom stereocenters. The van der Waals surface area contributed by atoms with E-state index < -0.39 is 0 Å². The molecule has 11 heavy (non-hydrogen) atoms. The Balaban J connectivity index is 2.94. The lowest BCUT2D eigenvalue weighted by Gasteiger charge is -1.89. The average molecular weight is 146 g/mol. The number of rotatable bonds is 2. The van der Waals surface area contributed by atoms with Crippen LogP contribution in [0.5, 0.6) is 0 Å². The van der Waals surface area contributed by atoms with Crippen molar-refractivity contribution in [1.29, 1.82) is 5.53 Å². The minimum absolute atomic E-state index is 0.514. The first-order valence-corrected chi connectivity index (χ1v) is 3.16. The Labute approximate surface area is 64.6 Å². The third kappa shape index (κ3) is 1.85. The number of nitrogens with one attached hydrogen (secondary N) is 1. The Morgan fingerprint density at radius 2 is 2.00 bits per heavy atom. The maximum Gasteiger partial charge on any atom is 0.220 e. The zero-order chi connectivity index (χ0) is 8.10. The highest BCUT2D eigenvalue weighted by Gasteiger charge is 1.98. The van der Waals surface area contributed by atoms with Crippen LogP contribution in [0.25, 0.3) is 5.70 Å². The summed E-state index contributed by atoms with van der Waals surface area (Å²) in [6.45, 7) is 3.63. The topological polar surface area (TPSA) is 50.3 Å². The summed E-state index contributed by atoms with van der Waals surface area (Å²) in [4.78, 5) is 2.89. The molecule has 0 radical (unpaired) electrons. The lowest BCUT2D eigenvalue weighted by molar-refractivity contribution is 0.997. The van der Waals surface area contributed by atoms with Gasteiger partial charge in [-0.3, -0.25) is 0 Å². The number of hydrogen-bond acceptors (Lipinski definition) is 2. The molecular formula is C8H8N3+. The normalized spacial score (nSPS) is 8.36. The highest BCUT2D eigenvalue weighted by atomic mass is 15.1. The highest BCUT2D eigenvalue weighted by molar-refractivity contribution is 5.61. The van der Waals surface area contributed by atoms with Crippen LogP contribution < -0.4 is 4.91 Å². The number of hydrogen-bond donors (Lipinski definition) is 1. The lowest BCUT2D eigenvalue weighted by Crippen LogP contribution is -1.76. The predicted molar refractivity (Wildman–Crippen MR) is 42.8 cm³/mol. The largest absolute Gasteiger partial charge is 0.220 e. The fraction of sp³-hybridized carbons (Fsp3) is 0. The summed E-state index contributed by atoms with van der Waals surface area (Å²) in [5.74, 6) is 0. The first-order valence-electron chi connectivity index (χ1n) is 3.16. The van der Waals surface area contributed by atoms with Gasteiger partial charge < -0.3 is 0 Å². The molecule has 0 saturated heterocycles. The van der Waals surface area contributed by atoms with Crippen LogP contribution in [-0.2, 0) is 0 Å². The highest BCUT2D eigenvalue weighted by Crippen LogP contribution is 2.10. The van der Waals surface area contributed by atoms with Gasteiger partial charge in [-0.2, -0.15) is 0 Å². The van der Waals surface area contributed by atoms with Crippen LogP contribution in [-0.4, -0.2) is 0 Å². The molecule has 3 nitrogen and oxygen atoms in total. The zero-order valence-electron chi connectivity index (χ0n) is 5.99. The first kappa shape index (κ1) is 7.38. The molecule has 0 amide bonds. The van der Waals surface area contributed by atoms with Crippen LogP contribution in [0.4, 0.5) is 0 Å². The third-order valence-corrected chi connectivity index (χ3v) is 1.28. The first-order chi connectivity index (χ1) is 5.34. The van der Waals surface area contributed by atoms with Gasteiger partial charge in [-0.25, -0.2) is 0 Å². The van der Waals surface area contributed by atoms with Crippen molar-refractivity contribution >= 4 is 5.70 Å². The van der Waals surface area contributed by atoms with E-state index in [0.29, 0.717) is 5.70 Å². The van der Waals surface area contributed by atoms with E-state index in [4.69, 9.17) is 5.53 Å². The SMILES string of the molecule is C=C(N=[N+]=N)c1ccccc1. The van der Waals surface area contributed by atoms with Gasteiger partial charge in [-0.05, 0) is 0 Å². The molecule has 1 aromatic carbocycles. The Hall–Kier alpha value is -1.73. The van der Waals surface area contributed by atoms with Gasteiger partial charge in [0.2, 0.25) is 4.91 Å². The van der Waals surface area contributed by atoms with Crippen molar-refractivity contribution in [2.75, 3.05) is 0 Å². The molecule has 1 N–H and O–H groups in total. The maximum absolute atomic E-state index is 6.48. The van der Waals surface area contributed by atoms with Gasteiger partial charge in [-0.1, -0.05) is 36.9 Å². The van der Waals surface area contributed by atoms with Crippen molar-refractivity contribution in [2.45, 2.75) is 0 Å². The van der Waals surface area contributed by atoms with Gasteiger partial charge in [0, 0.05) is 5.56 Å².